The molecule has 1 N–H and O–H groups in total. The molecule has 1 fully saturated rings. The van der Waals surface area contributed by atoms with Crippen LogP contribution in [0, 0.1) is 6.92 Å². The zero-order chi connectivity index (χ0) is 10.5. The Morgan fingerprint density at radius 3 is 2.93 bits per heavy atom. The van der Waals surface area contributed by atoms with E-state index in [0.717, 1.165) is 23.4 Å². The highest BCUT2D eigenvalue weighted by Gasteiger charge is 2.43. The summed E-state index contributed by atoms with van der Waals surface area (Å²) >= 11 is 1.73. The van der Waals surface area contributed by atoms with Gasteiger partial charge in [0.15, 0.2) is 0 Å². The summed E-state index contributed by atoms with van der Waals surface area (Å²) in [6, 6.07) is 6.39. The topological polar surface area (TPSA) is 33.1 Å². The molecular weight excluding hydrogens is 206 g/mol. The molecule has 1 aromatic carbocycles. The Balaban J connectivity index is 2.13. The summed E-state index contributed by atoms with van der Waals surface area (Å²) in [5.41, 5.74) is 2.43. The maximum absolute atomic E-state index is 9.38. The van der Waals surface area contributed by atoms with Gasteiger partial charge in [-0.3, -0.25) is 0 Å². The molecule has 0 amide bonds. The first-order valence-corrected chi connectivity index (χ1v) is 6.04. The largest absolute Gasteiger partial charge is 0.395 e. The lowest BCUT2D eigenvalue weighted by Gasteiger charge is -2.11. The quantitative estimate of drug-likeness (QED) is 0.842. The van der Waals surface area contributed by atoms with Crippen molar-refractivity contribution in [3.63, 3.8) is 0 Å². The van der Waals surface area contributed by atoms with Gasteiger partial charge >= 0.3 is 0 Å². The maximum Gasteiger partial charge on any atom is 0.0907 e. The van der Waals surface area contributed by atoms with E-state index in [1.807, 2.05) is 6.92 Å². The number of aliphatic hydroxyl groups is 1. The third kappa shape index (κ3) is 1.38. The minimum atomic E-state index is 0.0755. The summed E-state index contributed by atoms with van der Waals surface area (Å²) in [5, 5.41) is 10.5. The molecule has 0 saturated heterocycles. The molecule has 0 bridgehead atoms. The molecule has 0 radical (unpaired) electrons. The number of aromatic nitrogens is 1. The van der Waals surface area contributed by atoms with Crippen molar-refractivity contribution >= 4 is 21.6 Å². The van der Waals surface area contributed by atoms with Crippen LogP contribution < -0.4 is 0 Å². The van der Waals surface area contributed by atoms with Crippen molar-refractivity contribution < 1.29 is 5.11 Å². The van der Waals surface area contributed by atoms with Gasteiger partial charge in [0.25, 0.3) is 0 Å². The Morgan fingerprint density at radius 1 is 1.47 bits per heavy atom. The van der Waals surface area contributed by atoms with E-state index in [9.17, 15) is 5.11 Å². The third-order valence-electron chi connectivity index (χ3n) is 3.26. The normalized spacial score (nSPS) is 18.3. The number of rotatable bonds is 2. The molecule has 0 atom stereocenters. The smallest absolute Gasteiger partial charge is 0.0907 e. The second-order valence-electron chi connectivity index (χ2n) is 4.35. The summed E-state index contributed by atoms with van der Waals surface area (Å²) in [7, 11) is 0. The van der Waals surface area contributed by atoms with Gasteiger partial charge in [0, 0.05) is 5.41 Å². The van der Waals surface area contributed by atoms with Gasteiger partial charge in [-0.25, -0.2) is 4.98 Å². The number of aliphatic hydroxyl groups excluding tert-OH is 1. The number of fused-ring (bicyclic) bond motifs is 1. The molecule has 0 spiro atoms. The fourth-order valence-corrected chi connectivity index (χ4v) is 2.93. The molecule has 1 aliphatic carbocycles. The van der Waals surface area contributed by atoms with E-state index in [1.54, 1.807) is 11.3 Å². The standard InChI is InChI=1S/C12H13NOS/c1-8-13-10-3-2-9(6-11(10)15-8)12(7-14)4-5-12/h2-3,6,14H,4-5,7H2,1H3. The van der Waals surface area contributed by atoms with E-state index in [4.69, 9.17) is 0 Å². The molecule has 78 valence electrons. The predicted molar refractivity (Wildman–Crippen MR) is 62.4 cm³/mol. The molecule has 1 aromatic heterocycles. The fraction of sp³-hybridized carbons (Fsp3) is 0.417. The fourth-order valence-electron chi connectivity index (χ4n) is 2.06. The van der Waals surface area contributed by atoms with E-state index < -0.39 is 0 Å². The molecule has 3 rings (SSSR count). The van der Waals surface area contributed by atoms with Gasteiger partial charge < -0.3 is 5.11 Å². The Bertz CT molecular complexity index is 513. The van der Waals surface area contributed by atoms with Crippen molar-refractivity contribution in [2.45, 2.75) is 25.2 Å². The Hall–Kier alpha value is -0.930. The number of thiazole rings is 1. The van der Waals surface area contributed by atoms with Crippen LogP contribution >= 0.6 is 11.3 Å². The lowest BCUT2D eigenvalue weighted by molar-refractivity contribution is 0.255. The monoisotopic (exact) mass is 219 g/mol. The number of nitrogens with zero attached hydrogens (tertiary/aromatic N) is 1. The predicted octanol–water partition coefficient (Wildman–Crippen LogP) is 2.63. The molecule has 1 heterocycles. The van der Waals surface area contributed by atoms with Crippen LogP contribution in [0.15, 0.2) is 18.2 Å². The van der Waals surface area contributed by atoms with Crippen molar-refractivity contribution in [3.05, 3.63) is 28.8 Å². The molecule has 2 aromatic rings. The number of hydrogen-bond donors (Lipinski definition) is 1. The molecular formula is C12H13NOS. The van der Waals surface area contributed by atoms with Crippen molar-refractivity contribution in [2.24, 2.45) is 0 Å². The summed E-state index contributed by atoms with van der Waals surface area (Å²) < 4.78 is 1.24. The van der Waals surface area contributed by atoms with Crippen LogP contribution in [-0.2, 0) is 5.41 Å². The van der Waals surface area contributed by atoms with Gasteiger partial charge in [0.2, 0.25) is 0 Å². The van der Waals surface area contributed by atoms with E-state index >= 15 is 0 Å². The lowest BCUT2D eigenvalue weighted by atomic mass is 9.97. The zero-order valence-corrected chi connectivity index (χ0v) is 9.47. The van der Waals surface area contributed by atoms with Gasteiger partial charge in [-0.1, -0.05) is 6.07 Å². The van der Waals surface area contributed by atoms with Gasteiger partial charge in [-0.15, -0.1) is 11.3 Å². The highest BCUT2D eigenvalue weighted by Crippen LogP contribution is 2.48. The SMILES string of the molecule is Cc1nc2ccc(C3(CO)CC3)cc2s1. The zero-order valence-electron chi connectivity index (χ0n) is 8.66. The van der Waals surface area contributed by atoms with Crippen LogP contribution in [0.1, 0.15) is 23.4 Å². The van der Waals surface area contributed by atoms with E-state index in [-0.39, 0.29) is 12.0 Å². The molecule has 0 aliphatic heterocycles. The molecule has 1 aliphatic rings. The van der Waals surface area contributed by atoms with Crippen LogP contribution in [-0.4, -0.2) is 16.7 Å². The molecule has 0 unspecified atom stereocenters. The van der Waals surface area contributed by atoms with Crippen LogP contribution in [0.4, 0.5) is 0 Å². The van der Waals surface area contributed by atoms with Gasteiger partial charge in [0.1, 0.15) is 0 Å². The number of aryl methyl sites for hydroxylation is 1. The Morgan fingerprint density at radius 2 is 2.27 bits per heavy atom. The molecule has 1 saturated carbocycles. The second-order valence-corrected chi connectivity index (χ2v) is 5.59. The van der Waals surface area contributed by atoms with Crippen molar-refractivity contribution in [1.82, 2.24) is 4.98 Å². The summed E-state index contributed by atoms with van der Waals surface area (Å²) in [6.07, 6.45) is 2.24. The molecule has 3 heteroatoms. The average Bonchev–Trinajstić information content (AvgIpc) is 2.94. The lowest BCUT2D eigenvalue weighted by Crippen LogP contribution is -2.11. The van der Waals surface area contributed by atoms with Crippen LogP contribution in [0.2, 0.25) is 0 Å². The summed E-state index contributed by atoms with van der Waals surface area (Å²) in [5.74, 6) is 0. The van der Waals surface area contributed by atoms with Crippen LogP contribution in [0.3, 0.4) is 0 Å². The third-order valence-corrected chi connectivity index (χ3v) is 4.20. The highest BCUT2D eigenvalue weighted by molar-refractivity contribution is 7.18. The first-order valence-electron chi connectivity index (χ1n) is 5.22. The molecule has 15 heavy (non-hydrogen) atoms. The Kier molecular flexibility index (Phi) is 1.88. The van der Waals surface area contributed by atoms with Gasteiger partial charge in [0.05, 0.1) is 21.8 Å². The van der Waals surface area contributed by atoms with Crippen LogP contribution in [0.25, 0.3) is 10.2 Å². The summed E-state index contributed by atoms with van der Waals surface area (Å²) in [4.78, 5) is 4.44. The first kappa shape index (κ1) is 9.31. The van der Waals surface area contributed by atoms with Crippen molar-refractivity contribution in [1.29, 1.82) is 0 Å². The van der Waals surface area contributed by atoms with Crippen molar-refractivity contribution in [3.8, 4) is 0 Å². The van der Waals surface area contributed by atoms with E-state index in [1.165, 1.54) is 10.3 Å². The van der Waals surface area contributed by atoms with E-state index in [2.05, 4.69) is 23.2 Å². The van der Waals surface area contributed by atoms with Crippen LogP contribution in [0.5, 0.6) is 0 Å². The highest BCUT2D eigenvalue weighted by atomic mass is 32.1. The maximum atomic E-state index is 9.38. The summed E-state index contributed by atoms with van der Waals surface area (Å²) in [6.45, 7) is 2.31. The number of hydrogen-bond acceptors (Lipinski definition) is 3. The Labute approximate surface area is 92.6 Å². The van der Waals surface area contributed by atoms with E-state index in [0.29, 0.717) is 0 Å². The van der Waals surface area contributed by atoms with Crippen molar-refractivity contribution in [2.75, 3.05) is 6.61 Å². The van der Waals surface area contributed by atoms with Gasteiger partial charge in [-0.05, 0) is 37.5 Å². The van der Waals surface area contributed by atoms with Gasteiger partial charge in [-0.2, -0.15) is 0 Å². The first-order chi connectivity index (χ1) is 7.23. The minimum Gasteiger partial charge on any atom is -0.395 e. The average molecular weight is 219 g/mol. The molecule has 2 nitrogen and oxygen atoms in total. The number of benzene rings is 1. The minimum absolute atomic E-state index is 0.0755. The second kappa shape index (κ2) is 3.03.